The lowest BCUT2D eigenvalue weighted by molar-refractivity contribution is 0.225. The van der Waals surface area contributed by atoms with E-state index in [0.717, 1.165) is 66.9 Å². The van der Waals surface area contributed by atoms with Crippen molar-refractivity contribution in [2.45, 2.75) is 145 Å². The number of imidazole rings is 1. The van der Waals surface area contributed by atoms with Crippen molar-refractivity contribution in [2.75, 3.05) is 0 Å². The second-order valence-corrected chi connectivity index (χ2v) is 25.1. The van der Waals surface area contributed by atoms with E-state index in [4.69, 9.17) is 9.97 Å². The molecule has 69 heavy (non-hydrogen) atoms. The Morgan fingerprint density at radius 1 is 0.420 bits per heavy atom. The molecular weight excluding hydrogens is 839 g/mol. The summed E-state index contributed by atoms with van der Waals surface area (Å²) in [5, 5.41) is 12.6. The summed E-state index contributed by atoms with van der Waals surface area (Å²) in [6, 6.07) is 48.8. The van der Waals surface area contributed by atoms with E-state index in [9.17, 15) is 5.11 Å². The molecule has 356 valence electrons. The number of benzene rings is 6. The van der Waals surface area contributed by atoms with Crippen LogP contribution < -0.4 is 0 Å². The monoisotopic (exact) mass is 914 g/mol. The Balaban J connectivity index is 1.40. The number of fused-ring (bicyclic) bond motifs is 1. The molecule has 0 saturated heterocycles. The number of aromatic nitrogens is 3. The van der Waals surface area contributed by atoms with Crippen molar-refractivity contribution in [1.29, 1.82) is 0 Å². The highest BCUT2D eigenvalue weighted by molar-refractivity contribution is 5.98. The molecule has 1 N–H and O–H groups in total. The molecule has 0 aliphatic carbocycles. The molecule has 0 atom stereocenters. The minimum absolute atomic E-state index is 0.0193. The molecule has 0 saturated carbocycles. The van der Waals surface area contributed by atoms with Crippen LogP contribution in [-0.4, -0.2) is 19.6 Å². The highest BCUT2D eigenvalue weighted by Gasteiger charge is 2.34. The number of phenolic OH excluding ortho intramolecular Hbond substituents is 1. The van der Waals surface area contributed by atoms with Crippen molar-refractivity contribution >= 4 is 11.0 Å². The molecule has 0 bridgehead atoms. The number of hydrogen-bond donors (Lipinski definition) is 1. The van der Waals surface area contributed by atoms with Gasteiger partial charge in [0.05, 0.1) is 28.0 Å². The Hall–Kier alpha value is -6.26. The zero-order valence-electron chi connectivity index (χ0n) is 44.6. The van der Waals surface area contributed by atoms with E-state index < -0.39 is 0 Å². The van der Waals surface area contributed by atoms with Crippen LogP contribution >= 0.6 is 0 Å². The maximum atomic E-state index is 12.6. The number of nitrogens with zero attached hydrogens (tertiary/aromatic N) is 3. The van der Waals surface area contributed by atoms with Crippen LogP contribution in [0, 0.1) is 5.41 Å². The third-order valence-electron chi connectivity index (χ3n) is 14.9. The van der Waals surface area contributed by atoms with Crippen LogP contribution in [0.15, 0.2) is 140 Å². The van der Waals surface area contributed by atoms with Gasteiger partial charge in [-0.15, -0.1) is 0 Å². The third-order valence-corrected chi connectivity index (χ3v) is 14.9. The fraction of sp³-hybridized carbons (Fsp3) is 0.354. The number of pyridine rings is 1. The fourth-order valence-electron chi connectivity index (χ4n) is 9.26. The van der Waals surface area contributed by atoms with Crippen molar-refractivity contribution in [3.8, 4) is 67.5 Å². The first-order valence-electron chi connectivity index (χ1n) is 24.9. The molecule has 2 aromatic heterocycles. The maximum Gasteiger partial charge on any atom is 0.149 e. The largest absolute Gasteiger partial charge is 0.507 e. The van der Waals surface area contributed by atoms with Crippen molar-refractivity contribution in [3.63, 3.8) is 0 Å². The second kappa shape index (κ2) is 17.3. The van der Waals surface area contributed by atoms with Crippen LogP contribution in [0.3, 0.4) is 0 Å². The topological polar surface area (TPSA) is 50.9 Å². The maximum absolute atomic E-state index is 12.6. The summed E-state index contributed by atoms with van der Waals surface area (Å²) in [4.78, 5) is 10.7. The fourth-order valence-corrected chi connectivity index (χ4v) is 9.26. The van der Waals surface area contributed by atoms with E-state index in [2.05, 4.69) is 256 Å². The standard InChI is InChI=1S/C65H75N3O/c1-60(2,3)47-30-31-55(51(38-47)42-22-19-18-20-23-42)68-56-25-21-24-50(57(56)67-59(68)52-39-49(62(7,8)9)40-53(58(52)69)63(10,11)12)44-34-45(36-48(35-44)61(4,5)6)54-37-43(32-33-66-54)41-26-28-46(29-27-41)65(16,17)64(13,14)15/h18-40,69H,1-17H3. The van der Waals surface area contributed by atoms with Gasteiger partial charge in [0.2, 0.25) is 0 Å². The van der Waals surface area contributed by atoms with Gasteiger partial charge >= 0.3 is 0 Å². The molecule has 0 amide bonds. The zero-order valence-corrected chi connectivity index (χ0v) is 44.6. The van der Waals surface area contributed by atoms with E-state index in [1.807, 2.05) is 6.20 Å². The Bertz CT molecular complexity index is 3180. The van der Waals surface area contributed by atoms with Crippen LogP contribution in [0.1, 0.15) is 146 Å². The molecule has 2 heterocycles. The third kappa shape index (κ3) is 9.57. The Kier molecular flexibility index (Phi) is 12.3. The summed E-state index contributed by atoms with van der Waals surface area (Å²) in [7, 11) is 0. The predicted molar refractivity (Wildman–Crippen MR) is 295 cm³/mol. The van der Waals surface area contributed by atoms with Crippen LogP contribution in [0.4, 0.5) is 0 Å². The minimum Gasteiger partial charge on any atom is -0.507 e. The van der Waals surface area contributed by atoms with E-state index in [1.54, 1.807) is 0 Å². The van der Waals surface area contributed by atoms with Crippen molar-refractivity contribution < 1.29 is 5.11 Å². The number of hydrogen-bond acceptors (Lipinski definition) is 3. The van der Waals surface area contributed by atoms with Crippen molar-refractivity contribution in [1.82, 2.24) is 14.5 Å². The highest BCUT2D eigenvalue weighted by atomic mass is 16.3. The molecular formula is C65H75N3O. The smallest absolute Gasteiger partial charge is 0.149 e. The van der Waals surface area contributed by atoms with Crippen molar-refractivity contribution in [2.24, 2.45) is 5.41 Å². The first-order chi connectivity index (χ1) is 32.0. The van der Waals surface area contributed by atoms with Crippen LogP contribution in [0.5, 0.6) is 5.75 Å². The molecule has 8 aromatic rings. The first-order valence-corrected chi connectivity index (χ1v) is 24.9. The van der Waals surface area contributed by atoms with Gasteiger partial charge in [0.1, 0.15) is 11.6 Å². The van der Waals surface area contributed by atoms with Crippen LogP contribution in [0.25, 0.3) is 72.7 Å². The number of rotatable bonds is 7. The highest BCUT2D eigenvalue weighted by Crippen LogP contribution is 2.47. The molecule has 0 spiro atoms. The van der Waals surface area contributed by atoms with Gasteiger partial charge in [0, 0.05) is 28.5 Å². The van der Waals surface area contributed by atoms with Crippen LogP contribution in [-0.2, 0) is 27.1 Å². The first kappa shape index (κ1) is 49.2. The molecule has 0 radical (unpaired) electrons. The van der Waals surface area contributed by atoms with Gasteiger partial charge in [-0.2, -0.15) is 0 Å². The summed E-state index contributed by atoms with van der Waals surface area (Å²) in [5.41, 5.74) is 17.3. The van der Waals surface area contributed by atoms with Gasteiger partial charge in [0.25, 0.3) is 0 Å². The molecule has 6 aromatic carbocycles. The Labute approximate surface area is 414 Å². The number of para-hydroxylation sites is 1. The van der Waals surface area contributed by atoms with Gasteiger partial charge in [0.15, 0.2) is 0 Å². The van der Waals surface area contributed by atoms with Gasteiger partial charge in [-0.05, 0) is 126 Å². The molecule has 4 nitrogen and oxygen atoms in total. The zero-order chi connectivity index (χ0) is 50.2. The van der Waals surface area contributed by atoms with Crippen LogP contribution in [0.2, 0.25) is 0 Å². The summed E-state index contributed by atoms with van der Waals surface area (Å²) < 4.78 is 2.30. The molecule has 0 fully saturated rings. The normalized spacial score (nSPS) is 13.1. The quantitative estimate of drug-likeness (QED) is 0.173. The van der Waals surface area contributed by atoms with Gasteiger partial charge in [-0.1, -0.05) is 203 Å². The summed E-state index contributed by atoms with van der Waals surface area (Å²) in [5.74, 6) is 0.961. The Morgan fingerprint density at radius 2 is 1.01 bits per heavy atom. The average Bonchev–Trinajstić information content (AvgIpc) is 3.67. The molecule has 0 aliphatic rings. The lowest BCUT2D eigenvalue weighted by Gasteiger charge is -2.39. The van der Waals surface area contributed by atoms with Crippen molar-refractivity contribution in [3.05, 3.63) is 167 Å². The molecule has 0 unspecified atom stereocenters. The summed E-state index contributed by atoms with van der Waals surface area (Å²) in [6.07, 6.45) is 1.94. The minimum atomic E-state index is -0.326. The van der Waals surface area contributed by atoms with Gasteiger partial charge < -0.3 is 5.11 Å². The van der Waals surface area contributed by atoms with E-state index >= 15 is 0 Å². The van der Waals surface area contributed by atoms with Gasteiger partial charge in [-0.3, -0.25) is 9.55 Å². The van der Waals surface area contributed by atoms with E-state index in [-0.39, 0.29) is 38.2 Å². The average molecular weight is 914 g/mol. The Morgan fingerprint density at radius 3 is 1.62 bits per heavy atom. The molecule has 0 aliphatic heterocycles. The SMILES string of the molecule is CC(C)(C)c1cc(-c2cc(-c3ccc(C(C)(C)C(C)(C)C)cc3)ccn2)cc(-c2cccc3c2nc(-c2cc(C(C)(C)C)cc(C(C)(C)C)c2O)n3-c2ccc(C(C)(C)C)cc2-c2ccccc2)c1. The number of phenols is 1. The van der Waals surface area contributed by atoms with E-state index in [1.165, 1.54) is 22.3 Å². The number of aromatic hydroxyl groups is 1. The predicted octanol–water partition coefficient (Wildman–Crippen LogP) is 18.0. The molecule has 8 rings (SSSR count). The lowest BCUT2D eigenvalue weighted by Crippen LogP contribution is -2.33. The molecule has 4 heteroatoms. The lowest BCUT2D eigenvalue weighted by atomic mass is 9.65. The second-order valence-electron chi connectivity index (χ2n) is 25.1. The summed E-state index contributed by atoms with van der Waals surface area (Å²) in [6.45, 7) is 38.5. The van der Waals surface area contributed by atoms with E-state index in [0.29, 0.717) is 11.4 Å². The van der Waals surface area contributed by atoms with Gasteiger partial charge in [-0.25, -0.2) is 4.98 Å². The summed E-state index contributed by atoms with van der Waals surface area (Å²) >= 11 is 0.